The van der Waals surface area contributed by atoms with Crippen LogP contribution in [0.25, 0.3) is 0 Å². The molecule has 1 aliphatic carbocycles. The van der Waals surface area contributed by atoms with Crippen LogP contribution in [-0.2, 0) is 9.78 Å². The lowest BCUT2D eigenvalue weighted by atomic mass is 10.5. The van der Waals surface area contributed by atoms with Crippen molar-refractivity contribution < 1.29 is 9.78 Å². The Balaban J connectivity index is 1.80. The maximum absolute atomic E-state index is 4.66. The van der Waals surface area contributed by atoms with Crippen LogP contribution in [0.2, 0.25) is 0 Å². The molecule has 0 N–H and O–H groups in total. The van der Waals surface area contributed by atoms with Crippen LogP contribution in [-0.4, -0.2) is 13.7 Å². The highest BCUT2D eigenvalue weighted by molar-refractivity contribution is 4.71. The minimum atomic E-state index is 0.788. The molecule has 0 atom stereocenters. The van der Waals surface area contributed by atoms with E-state index in [1.54, 1.807) is 7.11 Å². The molecule has 0 aromatic rings. The summed E-state index contributed by atoms with van der Waals surface area (Å²) in [5.74, 6) is 0.806. The first-order valence-electron chi connectivity index (χ1n) is 2.59. The number of hydrogen-bond donors (Lipinski definition) is 0. The number of rotatable bonds is 3. The van der Waals surface area contributed by atoms with Crippen LogP contribution in [0.4, 0.5) is 0 Å². The Bertz CT molecular complexity index is 50.0. The Hall–Kier alpha value is -0.0800. The van der Waals surface area contributed by atoms with Crippen LogP contribution in [0, 0.1) is 5.92 Å². The molecule has 0 bridgehead atoms. The highest BCUT2D eigenvalue weighted by Crippen LogP contribution is 2.28. The normalized spacial score (nSPS) is 20.1. The quantitative estimate of drug-likeness (QED) is 0.390. The summed E-state index contributed by atoms with van der Waals surface area (Å²) < 4.78 is 0. The minimum Gasteiger partial charge on any atom is -0.240 e. The molecule has 1 saturated carbocycles. The second-order valence-electron chi connectivity index (χ2n) is 1.89. The third-order valence-corrected chi connectivity index (χ3v) is 1.12. The van der Waals surface area contributed by atoms with Crippen LogP contribution < -0.4 is 0 Å². The molecule has 42 valence electrons. The van der Waals surface area contributed by atoms with Gasteiger partial charge in [-0.25, -0.2) is 9.78 Å². The van der Waals surface area contributed by atoms with E-state index in [-0.39, 0.29) is 0 Å². The molecule has 1 aliphatic rings. The van der Waals surface area contributed by atoms with Crippen LogP contribution in [0.5, 0.6) is 0 Å². The van der Waals surface area contributed by atoms with Gasteiger partial charge in [-0.3, -0.25) is 0 Å². The molecule has 1 rings (SSSR count). The van der Waals surface area contributed by atoms with E-state index in [2.05, 4.69) is 9.78 Å². The first-order chi connectivity index (χ1) is 3.43. The van der Waals surface area contributed by atoms with Gasteiger partial charge in [0, 0.05) is 0 Å². The van der Waals surface area contributed by atoms with E-state index in [1.807, 2.05) is 0 Å². The predicted octanol–water partition coefficient (Wildman–Crippen LogP) is 0.974. The number of hydrogen-bond acceptors (Lipinski definition) is 2. The van der Waals surface area contributed by atoms with Crippen LogP contribution in [0.15, 0.2) is 0 Å². The zero-order valence-corrected chi connectivity index (χ0v) is 4.52. The minimum absolute atomic E-state index is 0.788. The van der Waals surface area contributed by atoms with Gasteiger partial charge < -0.3 is 0 Å². The fourth-order valence-electron chi connectivity index (χ4n) is 0.449. The van der Waals surface area contributed by atoms with Gasteiger partial charge in [0.15, 0.2) is 0 Å². The maximum Gasteiger partial charge on any atom is 0.0850 e. The summed E-state index contributed by atoms with van der Waals surface area (Å²) >= 11 is 0. The Morgan fingerprint density at radius 1 is 1.57 bits per heavy atom. The summed E-state index contributed by atoms with van der Waals surface area (Å²) in [7, 11) is 1.54. The predicted molar refractivity (Wildman–Crippen MR) is 25.7 cm³/mol. The van der Waals surface area contributed by atoms with E-state index < -0.39 is 0 Å². The molecule has 0 spiro atoms. The zero-order valence-electron chi connectivity index (χ0n) is 4.52. The Morgan fingerprint density at radius 2 is 2.29 bits per heavy atom. The van der Waals surface area contributed by atoms with Gasteiger partial charge in [-0.1, -0.05) is 0 Å². The Labute approximate surface area is 43.3 Å². The van der Waals surface area contributed by atoms with Crippen molar-refractivity contribution in [1.82, 2.24) is 0 Å². The highest BCUT2D eigenvalue weighted by atomic mass is 17.2. The fraction of sp³-hybridized carbons (Fsp3) is 1.00. The standard InChI is InChI=1S/C5H10O2/c1-6-7-4-5-2-3-5/h5H,2-4H2,1H3. The molecule has 1 fully saturated rings. The first kappa shape index (κ1) is 5.06. The third-order valence-electron chi connectivity index (χ3n) is 1.12. The monoisotopic (exact) mass is 102 g/mol. The zero-order chi connectivity index (χ0) is 5.11. The van der Waals surface area contributed by atoms with E-state index in [0.717, 1.165) is 12.5 Å². The van der Waals surface area contributed by atoms with Crippen LogP contribution in [0.3, 0.4) is 0 Å². The Morgan fingerprint density at radius 3 is 2.71 bits per heavy atom. The van der Waals surface area contributed by atoms with Gasteiger partial charge in [0.1, 0.15) is 0 Å². The molecular formula is C5H10O2. The van der Waals surface area contributed by atoms with Gasteiger partial charge in [0.25, 0.3) is 0 Å². The van der Waals surface area contributed by atoms with Gasteiger partial charge >= 0.3 is 0 Å². The van der Waals surface area contributed by atoms with Crippen molar-refractivity contribution in [3.8, 4) is 0 Å². The van der Waals surface area contributed by atoms with Crippen molar-refractivity contribution in [1.29, 1.82) is 0 Å². The smallest absolute Gasteiger partial charge is 0.0850 e. The SMILES string of the molecule is COOCC1CC1. The first-order valence-corrected chi connectivity index (χ1v) is 2.59. The largest absolute Gasteiger partial charge is 0.240 e. The van der Waals surface area contributed by atoms with E-state index >= 15 is 0 Å². The van der Waals surface area contributed by atoms with Gasteiger partial charge in [0.2, 0.25) is 0 Å². The highest BCUT2D eigenvalue weighted by Gasteiger charge is 2.21. The molecule has 0 saturated heterocycles. The summed E-state index contributed by atoms with van der Waals surface area (Å²) in [5.41, 5.74) is 0. The van der Waals surface area contributed by atoms with Gasteiger partial charge in [0.05, 0.1) is 13.7 Å². The average molecular weight is 102 g/mol. The lowest BCUT2D eigenvalue weighted by Crippen LogP contribution is -1.92. The molecule has 0 aliphatic heterocycles. The molecular weight excluding hydrogens is 92.1 g/mol. The van der Waals surface area contributed by atoms with Gasteiger partial charge in [-0.15, -0.1) is 0 Å². The molecule has 0 radical (unpaired) electrons. The molecule has 0 heterocycles. The molecule has 0 aromatic carbocycles. The maximum atomic E-state index is 4.66. The lowest BCUT2D eigenvalue weighted by molar-refractivity contribution is -0.275. The molecule has 7 heavy (non-hydrogen) atoms. The molecule has 2 heteroatoms. The average Bonchev–Trinajstić information content (AvgIpc) is 2.42. The Kier molecular flexibility index (Phi) is 1.65. The van der Waals surface area contributed by atoms with Gasteiger partial charge in [-0.05, 0) is 18.8 Å². The molecule has 2 nitrogen and oxygen atoms in total. The van der Waals surface area contributed by atoms with Crippen molar-refractivity contribution in [3.05, 3.63) is 0 Å². The second kappa shape index (κ2) is 2.28. The lowest BCUT2D eigenvalue weighted by Gasteiger charge is -1.92. The van der Waals surface area contributed by atoms with E-state index in [1.165, 1.54) is 12.8 Å². The van der Waals surface area contributed by atoms with E-state index in [9.17, 15) is 0 Å². The fourth-order valence-corrected chi connectivity index (χ4v) is 0.449. The molecule has 0 amide bonds. The summed E-state index contributed by atoms with van der Waals surface area (Å²) in [6.07, 6.45) is 2.65. The van der Waals surface area contributed by atoms with Crippen molar-refractivity contribution in [3.63, 3.8) is 0 Å². The molecule has 0 aromatic heterocycles. The summed E-state index contributed by atoms with van der Waals surface area (Å²) in [6, 6.07) is 0. The third kappa shape index (κ3) is 1.90. The summed E-state index contributed by atoms with van der Waals surface area (Å²) in [4.78, 5) is 9.05. The second-order valence-corrected chi connectivity index (χ2v) is 1.89. The topological polar surface area (TPSA) is 18.5 Å². The summed E-state index contributed by atoms with van der Waals surface area (Å²) in [5, 5.41) is 0. The van der Waals surface area contributed by atoms with Crippen LogP contribution in [0.1, 0.15) is 12.8 Å². The molecule has 0 unspecified atom stereocenters. The van der Waals surface area contributed by atoms with E-state index in [4.69, 9.17) is 0 Å². The van der Waals surface area contributed by atoms with Crippen LogP contribution >= 0.6 is 0 Å². The van der Waals surface area contributed by atoms with Gasteiger partial charge in [-0.2, -0.15) is 0 Å². The summed E-state index contributed by atoms with van der Waals surface area (Å²) in [6.45, 7) is 0.788. The van der Waals surface area contributed by atoms with Crippen molar-refractivity contribution in [2.45, 2.75) is 12.8 Å². The van der Waals surface area contributed by atoms with Crippen molar-refractivity contribution in [2.24, 2.45) is 5.92 Å². The van der Waals surface area contributed by atoms with Crippen molar-refractivity contribution in [2.75, 3.05) is 13.7 Å². The van der Waals surface area contributed by atoms with E-state index in [0.29, 0.717) is 0 Å². The van der Waals surface area contributed by atoms with Crippen molar-refractivity contribution >= 4 is 0 Å².